The van der Waals surface area contributed by atoms with E-state index < -0.39 is 10.0 Å². The Balaban J connectivity index is 2.16. The highest BCUT2D eigenvalue weighted by Gasteiger charge is 2.17. The molecule has 0 radical (unpaired) electrons. The largest absolute Gasteiger partial charge is 0.250 e. The summed E-state index contributed by atoms with van der Waals surface area (Å²) in [5, 5.41) is 1.12. The predicted octanol–water partition coefficient (Wildman–Crippen LogP) is 2.58. The Labute approximate surface area is 115 Å². The molecule has 1 N–H and O–H groups in total. The van der Waals surface area contributed by atoms with Gasteiger partial charge in [0.1, 0.15) is 4.90 Å². The Morgan fingerprint density at radius 3 is 2.72 bits per heavy atom. The summed E-state index contributed by atoms with van der Waals surface area (Å²) >= 11 is 7.32. The zero-order valence-electron chi connectivity index (χ0n) is 9.55. The van der Waals surface area contributed by atoms with Gasteiger partial charge < -0.3 is 0 Å². The number of benzene rings is 1. The van der Waals surface area contributed by atoms with Crippen LogP contribution in [0.15, 0.2) is 35.4 Å². The second kappa shape index (κ2) is 5.36. The van der Waals surface area contributed by atoms with Gasteiger partial charge in [0.25, 0.3) is 0 Å². The van der Waals surface area contributed by atoms with Crippen LogP contribution in [-0.4, -0.2) is 13.4 Å². The lowest BCUT2D eigenvalue weighted by Crippen LogP contribution is -2.23. The molecule has 96 valence electrons. The molecule has 1 heterocycles. The molecule has 7 heteroatoms. The van der Waals surface area contributed by atoms with E-state index >= 15 is 0 Å². The number of halogens is 1. The fourth-order valence-corrected chi connectivity index (χ4v) is 3.74. The van der Waals surface area contributed by atoms with Crippen LogP contribution in [0, 0.1) is 6.92 Å². The Bertz CT molecular complexity index is 653. The van der Waals surface area contributed by atoms with Gasteiger partial charge in [0.05, 0.1) is 10.0 Å². The van der Waals surface area contributed by atoms with Crippen LogP contribution in [0.2, 0.25) is 5.02 Å². The molecule has 0 saturated heterocycles. The van der Waals surface area contributed by atoms with Crippen molar-refractivity contribution in [3.8, 4) is 0 Å². The zero-order chi connectivity index (χ0) is 13.2. The molecule has 4 nitrogen and oxygen atoms in total. The number of hydrogen-bond donors (Lipinski definition) is 1. The number of nitrogens with one attached hydrogen (secondary N) is 1. The van der Waals surface area contributed by atoms with Gasteiger partial charge in [-0.3, -0.25) is 0 Å². The van der Waals surface area contributed by atoms with E-state index in [1.165, 1.54) is 17.4 Å². The molecule has 1 aromatic heterocycles. The van der Waals surface area contributed by atoms with E-state index in [4.69, 9.17) is 11.6 Å². The van der Waals surface area contributed by atoms with Crippen molar-refractivity contribution in [2.24, 2.45) is 0 Å². The van der Waals surface area contributed by atoms with E-state index in [1.54, 1.807) is 24.4 Å². The Morgan fingerprint density at radius 1 is 1.39 bits per heavy atom. The first-order chi connectivity index (χ1) is 8.49. The average Bonchev–Trinajstić information content (AvgIpc) is 2.73. The third-order valence-electron chi connectivity index (χ3n) is 2.23. The van der Waals surface area contributed by atoms with E-state index in [0.29, 0.717) is 0 Å². The van der Waals surface area contributed by atoms with Crippen molar-refractivity contribution in [3.63, 3.8) is 0 Å². The third-order valence-corrected chi connectivity index (χ3v) is 5.05. The van der Waals surface area contributed by atoms with Gasteiger partial charge in [-0.05, 0) is 19.1 Å². The summed E-state index contributed by atoms with van der Waals surface area (Å²) in [4.78, 5) is 5.02. The molecule has 0 aliphatic rings. The van der Waals surface area contributed by atoms with Gasteiger partial charge in [0.2, 0.25) is 10.0 Å². The fraction of sp³-hybridized carbons (Fsp3) is 0.182. The first-order valence-corrected chi connectivity index (χ1v) is 7.82. The Kier molecular flexibility index (Phi) is 4.01. The quantitative estimate of drug-likeness (QED) is 0.944. The number of hydrogen-bond acceptors (Lipinski definition) is 4. The van der Waals surface area contributed by atoms with E-state index in [9.17, 15) is 8.42 Å². The molecule has 1 aromatic carbocycles. The second-order valence-electron chi connectivity index (χ2n) is 3.60. The lowest BCUT2D eigenvalue weighted by molar-refractivity contribution is 0.582. The van der Waals surface area contributed by atoms with Crippen LogP contribution in [0.3, 0.4) is 0 Å². The molecule has 0 unspecified atom stereocenters. The molecule has 18 heavy (non-hydrogen) atoms. The number of thiazole rings is 1. The van der Waals surface area contributed by atoms with Crippen LogP contribution < -0.4 is 4.72 Å². The number of rotatable bonds is 4. The van der Waals surface area contributed by atoms with Crippen LogP contribution in [0.5, 0.6) is 0 Å². The van der Waals surface area contributed by atoms with Gasteiger partial charge in [0, 0.05) is 17.6 Å². The van der Waals surface area contributed by atoms with Crippen molar-refractivity contribution in [2.45, 2.75) is 18.4 Å². The van der Waals surface area contributed by atoms with Crippen LogP contribution in [0.1, 0.15) is 9.88 Å². The molecule has 2 aromatic rings. The first kappa shape index (κ1) is 13.5. The SMILES string of the molecule is Cc1ncc(CNS(=O)(=O)c2ccccc2Cl)s1. The number of nitrogens with zero attached hydrogens (tertiary/aromatic N) is 1. The van der Waals surface area contributed by atoms with Gasteiger partial charge in [-0.25, -0.2) is 18.1 Å². The van der Waals surface area contributed by atoms with Gasteiger partial charge in [-0.2, -0.15) is 0 Å². The average molecular weight is 303 g/mol. The zero-order valence-corrected chi connectivity index (χ0v) is 11.9. The molecular weight excluding hydrogens is 292 g/mol. The number of aromatic nitrogens is 1. The summed E-state index contributed by atoms with van der Waals surface area (Å²) in [5.41, 5.74) is 0. The van der Waals surface area contributed by atoms with Crippen molar-refractivity contribution in [3.05, 3.63) is 45.4 Å². The van der Waals surface area contributed by atoms with Crippen LogP contribution >= 0.6 is 22.9 Å². The fourth-order valence-electron chi connectivity index (χ4n) is 1.39. The number of sulfonamides is 1. The first-order valence-electron chi connectivity index (χ1n) is 5.14. The third kappa shape index (κ3) is 3.08. The van der Waals surface area contributed by atoms with Crippen molar-refractivity contribution in [1.29, 1.82) is 0 Å². The summed E-state index contributed by atoms with van der Waals surface area (Å²) in [5.74, 6) is 0. The van der Waals surface area contributed by atoms with Gasteiger partial charge in [0.15, 0.2) is 0 Å². The van der Waals surface area contributed by atoms with E-state index in [-0.39, 0.29) is 16.5 Å². The highest BCUT2D eigenvalue weighted by molar-refractivity contribution is 7.89. The Hall–Kier alpha value is -0.950. The van der Waals surface area contributed by atoms with Crippen molar-refractivity contribution >= 4 is 33.0 Å². The number of aryl methyl sites for hydroxylation is 1. The molecule has 2 rings (SSSR count). The highest BCUT2D eigenvalue weighted by atomic mass is 35.5. The summed E-state index contributed by atoms with van der Waals surface area (Å²) in [6.07, 6.45) is 1.66. The van der Waals surface area contributed by atoms with E-state index in [1.807, 2.05) is 6.92 Å². The second-order valence-corrected chi connectivity index (χ2v) is 7.06. The van der Waals surface area contributed by atoms with Crippen LogP contribution in [0.4, 0.5) is 0 Å². The standard InChI is InChI=1S/C11H11ClN2O2S2/c1-8-13-6-9(17-8)7-14-18(15,16)11-5-3-2-4-10(11)12/h2-6,14H,7H2,1H3. The summed E-state index contributed by atoms with van der Waals surface area (Å²) in [6, 6.07) is 6.35. The summed E-state index contributed by atoms with van der Waals surface area (Å²) in [6.45, 7) is 2.09. The van der Waals surface area contributed by atoms with E-state index in [2.05, 4.69) is 9.71 Å². The molecule has 0 fully saturated rings. The van der Waals surface area contributed by atoms with E-state index in [0.717, 1.165) is 9.88 Å². The van der Waals surface area contributed by atoms with Crippen molar-refractivity contribution in [2.75, 3.05) is 0 Å². The van der Waals surface area contributed by atoms with Gasteiger partial charge in [-0.1, -0.05) is 23.7 Å². The highest BCUT2D eigenvalue weighted by Crippen LogP contribution is 2.21. The lowest BCUT2D eigenvalue weighted by atomic mass is 10.4. The molecule has 0 saturated carbocycles. The Morgan fingerprint density at radius 2 is 2.11 bits per heavy atom. The van der Waals surface area contributed by atoms with Crippen molar-refractivity contribution in [1.82, 2.24) is 9.71 Å². The smallest absolute Gasteiger partial charge is 0.242 e. The van der Waals surface area contributed by atoms with Gasteiger partial charge >= 0.3 is 0 Å². The van der Waals surface area contributed by atoms with Crippen LogP contribution in [-0.2, 0) is 16.6 Å². The lowest BCUT2D eigenvalue weighted by Gasteiger charge is -2.06. The van der Waals surface area contributed by atoms with Gasteiger partial charge in [-0.15, -0.1) is 11.3 Å². The maximum Gasteiger partial charge on any atom is 0.242 e. The maximum absolute atomic E-state index is 12.0. The molecule has 0 amide bonds. The molecular formula is C11H11ClN2O2S2. The molecule has 0 bridgehead atoms. The maximum atomic E-state index is 12.0. The molecule has 0 atom stereocenters. The minimum absolute atomic E-state index is 0.0907. The normalized spacial score (nSPS) is 11.7. The molecule has 0 aliphatic carbocycles. The minimum Gasteiger partial charge on any atom is -0.250 e. The molecule has 0 spiro atoms. The predicted molar refractivity (Wildman–Crippen MR) is 72.3 cm³/mol. The van der Waals surface area contributed by atoms with Crippen molar-refractivity contribution < 1.29 is 8.42 Å². The monoisotopic (exact) mass is 302 g/mol. The minimum atomic E-state index is -3.58. The van der Waals surface area contributed by atoms with Crippen LogP contribution in [0.25, 0.3) is 0 Å². The molecule has 0 aliphatic heterocycles. The summed E-state index contributed by atoms with van der Waals surface area (Å²) < 4.78 is 26.5. The summed E-state index contributed by atoms with van der Waals surface area (Å²) in [7, 11) is -3.58. The topological polar surface area (TPSA) is 59.1 Å².